The number of rotatable bonds is 8. The highest BCUT2D eigenvalue weighted by Crippen LogP contribution is 2.29. The fraction of sp³-hybridized carbons (Fsp3) is 0.842. The number of carbonyl (C=O) groups excluding carboxylic acids is 3. The number of carbonyl (C=O) groups is 3. The first-order valence-electron chi connectivity index (χ1n) is 10.6. The average molecular weight is 479 g/mol. The van der Waals surface area contributed by atoms with E-state index in [2.05, 4.69) is 16.0 Å². The van der Waals surface area contributed by atoms with Gasteiger partial charge in [-0.15, -0.1) is 0 Å². The van der Waals surface area contributed by atoms with Gasteiger partial charge < -0.3 is 55.7 Å². The third kappa shape index (κ3) is 6.58. The highest BCUT2D eigenvalue weighted by Gasteiger charge is 2.51. The summed E-state index contributed by atoms with van der Waals surface area (Å²) in [6, 6.07) is -2.48. The molecule has 14 nitrogen and oxygen atoms in total. The molecular weight excluding hydrogens is 446 g/mol. The van der Waals surface area contributed by atoms with Crippen LogP contribution in [-0.4, -0.2) is 118 Å². The molecule has 0 unspecified atom stereocenters. The van der Waals surface area contributed by atoms with Gasteiger partial charge in [0.15, 0.2) is 12.5 Å². The molecule has 0 spiro atoms. The van der Waals surface area contributed by atoms with Crippen molar-refractivity contribution in [2.24, 2.45) is 0 Å². The van der Waals surface area contributed by atoms with Crippen molar-refractivity contribution in [1.29, 1.82) is 0 Å². The Morgan fingerprint density at radius 3 is 1.91 bits per heavy atom. The maximum Gasteiger partial charge on any atom is 0.221 e. The summed E-state index contributed by atoms with van der Waals surface area (Å²) in [5.41, 5.74) is 0. The van der Waals surface area contributed by atoms with Crippen molar-refractivity contribution >= 4 is 17.7 Å². The topological polar surface area (TPSA) is 216 Å². The highest BCUT2D eigenvalue weighted by atomic mass is 16.7. The second-order valence-electron chi connectivity index (χ2n) is 7.95. The largest absolute Gasteiger partial charge is 0.394 e. The lowest BCUT2D eigenvalue weighted by atomic mass is 9.94. The summed E-state index contributed by atoms with van der Waals surface area (Å²) in [7, 11) is 0. The minimum atomic E-state index is -1.60. The molecule has 2 saturated heterocycles. The van der Waals surface area contributed by atoms with Gasteiger partial charge >= 0.3 is 0 Å². The summed E-state index contributed by atoms with van der Waals surface area (Å²) in [5.74, 6) is -1.55. The van der Waals surface area contributed by atoms with Crippen LogP contribution < -0.4 is 16.0 Å². The van der Waals surface area contributed by atoms with E-state index in [1.165, 1.54) is 6.92 Å². The molecule has 0 aliphatic carbocycles. The van der Waals surface area contributed by atoms with Gasteiger partial charge in [0.05, 0.1) is 13.2 Å². The minimum Gasteiger partial charge on any atom is -0.394 e. The molecule has 190 valence electrons. The Hall–Kier alpha value is -1.91. The van der Waals surface area contributed by atoms with Crippen molar-refractivity contribution in [3.63, 3.8) is 0 Å². The molecule has 0 bridgehead atoms. The third-order valence-electron chi connectivity index (χ3n) is 5.43. The molecule has 0 saturated carbocycles. The number of aliphatic hydroxyl groups excluding tert-OH is 5. The lowest BCUT2D eigenvalue weighted by Gasteiger charge is -2.48. The zero-order chi connectivity index (χ0) is 24.9. The number of aliphatic hydroxyl groups is 5. The van der Waals surface area contributed by atoms with Crippen LogP contribution in [0.25, 0.3) is 0 Å². The molecule has 2 aliphatic rings. The first-order valence-corrected chi connectivity index (χ1v) is 10.6. The minimum absolute atomic E-state index is 0.101. The van der Waals surface area contributed by atoms with Crippen LogP contribution in [0.1, 0.15) is 27.2 Å². The van der Waals surface area contributed by atoms with Crippen molar-refractivity contribution in [2.75, 3.05) is 13.2 Å². The van der Waals surface area contributed by atoms with Gasteiger partial charge in [-0.25, -0.2) is 0 Å². The van der Waals surface area contributed by atoms with E-state index in [0.29, 0.717) is 0 Å². The molecule has 2 rings (SSSR count). The van der Waals surface area contributed by atoms with Crippen LogP contribution >= 0.6 is 0 Å². The van der Waals surface area contributed by atoms with Crippen molar-refractivity contribution in [3.05, 3.63) is 0 Å². The van der Waals surface area contributed by atoms with Crippen molar-refractivity contribution in [2.45, 2.75) is 88.4 Å². The van der Waals surface area contributed by atoms with Gasteiger partial charge in [0.1, 0.15) is 48.7 Å². The van der Waals surface area contributed by atoms with Gasteiger partial charge in [0.25, 0.3) is 0 Å². The van der Waals surface area contributed by atoms with Crippen LogP contribution in [-0.2, 0) is 28.6 Å². The Bertz CT molecular complexity index is 696. The fourth-order valence-corrected chi connectivity index (χ4v) is 3.79. The lowest BCUT2D eigenvalue weighted by Crippen LogP contribution is -2.71. The van der Waals surface area contributed by atoms with E-state index in [-0.39, 0.29) is 6.42 Å². The number of nitrogens with one attached hydrogen (secondary N) is 3. The average Bonchev–Trinajstić information content (AvgIpc) is 2.76. The second-order valence-corrected chi connectivity index (χ2v) is 7.95. The van der Waals surface area contributed by atoms with E-state index < -0.39 is 92.2 Å². The zero-order valence-corrected chi connectivity index (χ0v) is 18.6. The molecule has 33 heavy (non-hydrogen) atoms. The monoisotopic (exact) mass is 479 g/mol. The molecule has 8 N–H and O–H groups in total. The molecule has 2 aliphatic heterocycles. The highest BCUT2D eigenvalue weighted by molar-refractivity contribution is 5.76. The molecule has 0 aromatic carbocycles. The van der Waals surface area contributed by atoms with E-state index >= 15 is 0 Å². The van der Waals surface area contributed by atoms with Crippen LogP contribution in [0.15, 0.2) is 0 Å². The van der Waals surface area contributed by atoms with Crippen LogP contribution in [0.3, 0.4) is 0 Å². The summed E-state index contributed by atoms with van der Waals surface area (Å²) < 4.78 is 17.0. The number of hydrogen-bond acceptors (Lipinski definition) is 11. The van der Waals surface area contributed by atoms with Crippen LogP contribution in [0.2, 0.25) is 0 Å². The number of amides is 3. The summed E-state index contributed by atoms with van der Waals surface area (Å²) in [4.78, 5) is 35.2. The normalized spacial score (nSPS) is 38.9. The van der Waals surface area contributed by atoms with Crippen LogP contribution in [0.4, 0.5) is 0 Å². The maximum atomic E-state index is 11.9. The Kier molecular flexibility index (Phi) is 9.93. The molecule has 0 aromatic heterocycles. The van der Waals surface area contributed by atoms with Crippen LogP contribution in [0, 0.1) is 0 Å². The first-order chi connectivity index (χ1) is 15.5. The van der Waals surface area contributed by atoms with Crippen LogP contribution in [0.5, 0.6) is 0 Å². The number of ether oxygens (including phenoxy) is 3. The lowest BCUT2D eigenvalue weighted by molar-refractivity contribution is -0.315. The van der Waals surface area contributed by atoms with Gasteiger partial charge in [0.2, 0.25) is 17.7 Å². The quantitative estimate of drug-likeness (QED) is 0.166. The van der Waals surface area contributed by atoms with Gasteiger partial charge in [-0.05, 0) is 0 Å². The number of hydrogen-bond donors (Lipinski definition) is 8. The molecule has 2 heterocycles. The fourth-order valence-electron chi connectivity index (χ4n) is 3.79. The second kappa shape index (κ2) is 12.0. The molecule has 2 fully saturated rings. The standard InChI is InChI=1S/C19H33N3O11/c1-4-11(27)22-18-12(20-7(2)25)16(30)17(10(6-24)31-18)33-19-13(21-8(3)26)15(29)14(28)9(5-23)32-19/h9-10,12-19,23-24,28-30H,4-6H2,1-3H3,(H,20,25)(H,21,26)(H,22,27)/t9-,10-,12-,13-,14-,15-,16-,17-,18-,19+/m1/s1. The summed E-state index contributed by atoms with van der Waals surface area (Å²) in [6.45, 7) is 2.60. The van der Waals surface area contributed by atoms with Gasteiger partial charge in [-0.2, -0.15) is 0 Å². The third-order valence-corrected chi connectivity index (χ3v) is 5.43. The van der Waals surface area contributed by atoms with Crippen molar-refractivity contribution in [3.8, 4) is 0 Å². The maximum absolute atomic E-state index is 11.9. The SMILES string of the molecule is CCC(=O)N[C@@H]1O[C@H](CO)[C@@H](O[C@@H]2O[C@H](CO)[C@@H](O)[C@H](O)[C@H]2NC(C)=O)[C@H](O)[C@H]1NC(C)=O. The van der Waals surface area contributed by atoms with E-state index in [0.717, 1.165) is 6.92 Å². The van der Waals surface area contributed by atoms with E-state index in [4.69, 9.17) is 14.2 Å². The van der Waals surface area contributed by atoms with Gasteiger partial charge in [-0.1, -0.05) is 6.92 Å². The van der Waals surface area contributed by atoms with Crippen molar-refractivity contribution < 1.29 is 54.1 Å². The smallest absolute Gasteiger partial charge is 0.221 e. The van der Waals surface area contributed by atoms with E-state index in [1.807, 2.05) is 0 Å². The predicted octanol–water partition coefficient (Wildman–Crippen LogP) is -4.58. The Labute approximate surface area is 190 Å². The molecule has 0 aromatic rings. The Morgan fingerprint density at radius 2 is 1.39 bits per heavy atom. The zero-order valence-electron chi connectivity index (χ0n) is 18.6. The summed E-state index contributed by atoms with van der Waals surface area (Å²) in [5, 5.41) is 58.2. The summed E-state index contributed by atoms with van der Waals surface area (Å²) in [6.07, 6.45) is -11.1. The van der Waals surface area contributed by atoms with Gasteiger partial charge in [-0.3, -0.25) is 14.4 Å². The first kappa shape index (κ1) is 27.3. The Balaban J connectivity index is 2.32. The van der Waals surface area contributed by atoms with E-state index in [9.17, 15) is 39.9 Å². The molecular formula is C19H33N3O11. The molecule has 14 heteroatoms. The molecule has 3 amide bonds. The molecule has 0 radical (unpaired) electrons. The predicted molar refractivity (Wildman–Crippen MR) is 108 cm³/mol. The molecule has 10 atom stereocenters. The van der Waals surface area contributed by atoms with E-state index in [1.54, 1.807) is 6.92 Å². The van der Waals surface area contributed by atoms with Crippen molar-refractivity contribution in [1.82, 2.24) is 16.0 Å². The van der Waals surface area contributed by atoms with Gasteiger partial charge in [0, 0.05) is 20.3 Å². The summed E-state index contributed by atoms with van der Waals surface area (Å²) >= 11 is 0. The Morgan fingerprint density at radius 1 is 0.818 bits per heavy atom.